The molecule has 0 radical (unpaired) electrons. The van der Waals surface area contributed by atoms with Crippen LogP contribution in [0.2, 0.25) is 0 Å². The Hall–Kier alpha value is -2.08. The molecule has 0 atom stereocenters. The van der Waals surface area contributed by atoms with Crippen LogP contribution in [0.25, 0.3) is 0 Å². The first-order valence-corrected chi connectivity index (χ1v) is 9.41. The van der Waals surface area contributed by atoms with Gasteiger partial charge in [-0.25, -0.2) is 0 Å². The van der Waals surface area contributed by atoms with Gasteiger partial charge >= 0.3 is 0 Å². The van der Waals surface area contributed by atoms with Crippen molar-refractivity contribution in [1.82, 2.24) is 9.80 Å². The Bertz CT molecular complexity index is 593. The second-order valence-electron chi connectivity index (χ2n) is 6.41. The van der Waals surface area contributed by atoms with Crippen molar-refractivity contribution >= 4 is 11.8 Å². The van der Waals surface area contributed by atoms with Gasteiger partial charge in [-0.1, -0.05) is 12.1 Å². The van der Waals surface area contributed by atoms with Crippen molar-refractivity contribution in [3.63, 3.8) is 0 Å². The van der Waals surface area contributed by atoms with Gasteiger partial charge in [0.25, 0.3) is 5.91 Å². The van der Waals surface area contributed by atoms with Gasteiger partial charge in [0.05, 0.1) is 12.2 Å². The number of rotatable bonds is 8. The zero-order valence-electron chi connectivity index (χ0n) is 16.1. The predicted molar refractivity (Wildman–Crippen MR) is 100 cm³/mol. The fourth-order valence-corrected chi connectivity index (χ4v) is 3.30. The highest BCUT2D eigenvalue weighted by molar-refractivity contribution is 5.97. The van der Waals surface area contributed by atoms with Crippen molar-refractivity contribution in [3.8, 4) is 5.75 Å². The smallest absolute Gasteiger partial charge is 0.257 e. The van der Waals surface area contributed by atoms with E-state index in [1.165, 1.54) is 0 Å². The largest absolute Gasteiger partial charge is 0.490 e. The molecule has 1 aromatic carbocycles. The topological polar surface area (TPSA) is 59.1 Å². The first kappa shape index (κ1) is 20.2. The van der Waals surface area contributed by atoms with Gasteiger partial charge < -0.3 is 19.3 Å². The number of carbonyl (C=O) groups is 2. The number of amides is 2. The van der Waals surface area contributed by atoms with Gasteiger partial charge in [0, 0.05) is 39.2 Å². The molecule has 26 heavy (non-hydrogen) atoms. The predicted octanol–water partition coefficient (Wildman–Crippen LogP) is 2.43. The number of benzene rings is 1. The lowest BCUT2D eigenvalue weighted by molar-refractivity contribution is -0.136. The second kappa shape index (κ2) is 10.2. The first-order chi connectivity index (χ1) is 12.6. The molecule has 1 aliphatic rings. The van der Waals surface area contributed by atoms with Crippen LogP contribution in [0.15, 0.2) is 24.3 Å². The summed E-state index contributed by atoms with van der Waals surface area (Å²) in [6.07, 6.45) is 1.43. The fourth-order valence-electron chi connectivity index (χ4n) is 3.30. The average molecular weight is 362 g/mol. The van der Waals surface area contributed by atoms with Crippen molar-refractivity contribution < 1.29 is 19.1 Å². The first-order valence-electron chi connectivity index (χ1n) is 9.41. The maximum atomic E-state index is 12.9. The highest BCUT2D eigenvalue weighted by Gasteiger charge is 2.30. The lowest BCUT2D eigenvalue weighted by Gasteiger charge is -2.34. The van der Waals surface area contributed by atoms with Crippen LogP contribution in [0, 0.1) is 5.92 Å². The van der Waals surface area contributed by atoms with E-state index in [1.807, 2.05) is 35.8 Å². The summed E-state index contributed by atoms with van der Waals surface area (Å²) in [7, 11) is 1.62. The van der Waals surface area contributed by atoms with E-state index in [9.17, 15) is 9.59 Å². The van der Waals surface area contributed by atoms with Gasteiger partial charge in [-0.2, -0.15) is 0 Å². The maximum Gasteiger partial charge on any atom is 0.257 e. The molecule has 2 amide bonds. The molecule has 144 valence electrons. The Kier molecular flexibility index (Phi) is 7.91. The molecular formula is C20H30N2O4. The van der Waals surface area contributed by atoms with Crippen molar-refractivity contribution in [2.24, 2.45) is 5.92 Å². The van der Waals surface area contributed by atoms with Gasteiger partial charge in [-0.05, 0) is 38.8 Å². The minimum Gasteiger partial charge on any atom is -0.490 e. The van der Waals surface area contributed by atoms with E-state index >= 15 is 0 Å². The second-order valence-corrected chi connectivity index (χ2v) is 6.41. The van der Waals surface area contributed by atoms with Crippen LogP contribution in [0.4, 0.5) is 0 Å². The number of hydrogen-bond acceptors (Lipinski definition) is 4. The summed E-state index contributed by atoms with van der Waals surface area (Å²) in [5.74, 6) is 0.778. The summed E-state index contributed by atoms with van der Waals surface area (Å²) in [4.78, 5) is 29.1. The average Bonchev–Trinajstić information content (AvgIpc) is 2.69. The molecule has 0 unspecified atom stereocenters. The highest BCUT2D eigenvalue weighted by atomic mass is 16.5. The van der Waals surface area contributed by atoms with Crippen LogP contribution in [-0.2, 0) is 9.53 Å². The van der Waals surface area contributed by atoms with Gasteiger partial charge in [0.1, 0.15) is 12.4 Å². The number of para-hydroxylation sites is 1. The van der Waals surface area contributed by atoms with Gasteiger partial charge in [-0.15, -0.1) is 0 Å². The van der Waals surface area contributed by atoms with Crippen LogP contribution in [0.5, 0.6) is 5.75 Å². The number of carbonyl (C=O) groups excluding carboxylic acids is 2. The molecular weight excluding hydrogens is 332 g/mol. The van der Waals surface area contributed by atoms with E-state index in [1.54, 1.807) is 19.2 Å². The summed E-state index contributed by atoms with van der Waals surface area (Å²) in [5.41, 5.74) is 0.567. The SMILES string of the molecule is CCN(CC)C(=O)C1CCN(C(=O)c2ccccc2OCCOC)CC1. The maximum absolute atomic E-state index is 12.9. The fraction of sp³-hybridized carbons (Fsp3) is 0.600. The molecule has 0 aliphatic carbocycles. The number of piperidine rings is 1. The van der Waals surface area contributed by atoms with E-state index in [2.05, 4.69) is 0 Å². The third kappa shape index (κ3) is 4.97. The van der Waals surface area contributed by atoms with E-state index in [-0.39, 0.29) is 17.7 Å². The third-order valence-electron chi connectivity index (χ3n) is 4.87. The zero-order valence-corrected chi connectivity index (χ0v) is 16.1. The lowest BCUT2D eigenvalue weighted by atomic mass is 9.94. The Balaban J connectivity index is 1.97. The molecule has 0 spiro atoms. The third-order valence-corrected chi connectivity index (χ3v) is 4.87. The van der Waals surface area contributed by atoms with E-state index in [0.29, 0.717) is 50.5 Å². The Morgan fingerprint density at radius 2 is 1.77 bits per heavy atom. The van der Waals surface area contributed by atoms with E-state index in [0.717, 1.165) is 13.1 Å². The van der Waals surface area contributed by atoms with Crippen molar-refractivity contribution in [2.75, 3.05) is 46.5 Å². The quantitative estimate of drug-likeness (QED) is 0.667. The minimum absolute atomic E-state index is 0.0205. The lowest BCUT2D eigenvalue weighted by Crippen LogP contribution is -2.44. The van der Waals surface area contributed by atoms with Crippen molar-refractivity contribution in [3.05, 3.63) is 29.8 Å². The van der Waals surface area contributed by atoms with Crippen molar-refractivity contribution in [2.45, 2.75) is 26.7 Å². The van der Waals surface area contributed by atoms with Gasteiger partial charge in [-0.3, -0.25) is 9.59 Å². The molecule has 1 aliphatic heterocycles. The molecule has 1 fully saturated rings. The Morgan fingerprint density at radius 1 is 1.12 bits per heavy atom. The highest BCUT2D eigenvalue weighted by Crippen LogP contribution is 2.25. The van der Waals surface area contributed by atoms with Crippen LogP contribution in [0.1, 0.15) is 37.0 Å². The van der Waals surface area contributed by atoms with E-state index in [4.69, 9.17) is 9.47 Å². The molecule has 6 heteroatoms. The van der Waals surface area contributed by atoms with Crippen LogP contribution in [-0.4, -0.2) is 68.1 Å². The molecule has 1 aromatic rings. The zero-order chi connectivity index (χ0) is 18.9. The standard InChI is InChI=1S/C20H30N2O4/c1-4-21(5-2)19(23)16-10-12-22(13-11-16)20(24)17-8-6-7-9-18(17)26-15-14-25-3/h6-9,16H,4-5,10-15H2,1-3H3. The molecule has 0 aromatic heterocycles. The number of ether oxygens (including phenoxy) is 2. The normalized spacial score (nSPS) is 15.0. The summed E-state index contributed by atoms with van der Waals surface area (Å²) >= 11 is 0. The van der Waals surface area contributed by atoms with Crippen LogP contribution < -0.4 is 4.74 Å². The number of nitrogens with zero attached hydrogens (tertiary/aromatic N) is 2. The number of methoxy groups -OCH3 is 1. The van der Waals surface area contributed by atoms with Crippen LogP contribution >= 0.6 is 0 Å². The van der Waals surface area contributed by atoms with Gasteiger partial charge in [0.2, 0.25) is 5.91 Å². The summed E-state index contributed by atoms with van der Waals surface area (Å²) in [5, 5.41) is 0. The number of hydrogen-bond donors (Lipinski definition) is 0. The summed E-state index contributed by atoms with van der Waals surface area (Å²) in [6.45, 7) is 7.55. The molecule has 1 heterocycles. The van der Waals surface area contributed by atoms with Crippen molar-refractivity contribution in [1.29, 1.82) is 0 Å². The Morgan fingerprint density at radius 3 is 2.38 bits per heavy atom. The summed E-state index contributed by atoms with van der Waals surface area (Å²) in [6, 6.07) is 7.29. The van der Waals surface area contributed by atoms with E-state index < -0.39 is 0 Å². The molecule has 2 rings (SSSR count). The summed E-state index contributed by atoms with van der Waals surface area (Å²) < 4.78 is 10.7. The molecule has 0 bridgehead atoms. The number of likely N-dealkylation sites (tertiary alicyclic amines) is 1. The molecule has 6 nitrogen and oxygen atoms in total. The minimum atomic E-state index is -0.0354. The molecule has 1 saturated heterocycles. The van der Waals surface area contributed by atoms with Gasteiger partial charge in [0.15, 0.2) is 0 Å². The molecule has 0 saturated carbocycles. The molecule has 0 N–H and O–H groups in total. The monoisotopic (exact) mass is 362 g/mol. The Labute approximate surface area is 156 Å². The van der Waals surface area contributed by atoms with Crippen LogP contribution in [0.3, 0.4) is 0 Å².